The van der Waals surface area contributed by atoms with Crippen molar-refractivity contribution in [3.63, 3.8) is 0 Å². The molecule has 19 heteroatoms. The summed E-state index contributed by atoms with van der Waals surface area (Å²) in [4.78, 5) is 108. The highest BCUT2D eigenvalue weighted by Crippen LogP contribution is 2.24. The Balaban J connectivity index is 2.34. The fraction of sp³-hybridized carbons (Fsp3) is 0.571. The van der Waals surface area contributed by atoms with Gasteiger partial charge < -0.3 is 41.4 Å². The van der Waals surface area contributed by atoms with Crippen LogP contribution in [0, 0.1) is 35.5 Å². The van der Waals surface area contributed by atoms with Crippen molar-refractivity contribution in [2.45, 2.75) is 171 Å². The van der Waals surface area contributed by atoms with Gasteiger partial charge in [-0.2, -0.15) is 0 Å². The van der Waals surface area contributed by atoms with Gasteiger partial charge >= 0.3 is 12.2 Å². The molecule has 416 valence electrons. The topological polar surface area (TPSA) is 261 Å². The molecule has 18 nitrogen and oxygen atoms in total. The molecule has 2 rings (SSSR count). The first-order chi connectivity index (χ1) is 35.0. The van der Waals surface area contributed by atoms with E-state index < -0.39 is 103 Å². The Bertz CT molecular complexity index is 2210. The minimum atomic E-state index is -5.04. The van der Waals surface area contributed by atoms with Gasteiger partial charge in [-0.3, -0.25) is 28.8 Å². The van der Waals surface area contributed by atoms with Crippen LogP contribution in [0.4, 0.5) is 9.59 Å². The van der Waals surface area contributed by atoms with Crippen LogP contribution in [0.25, 0.3) is 0 Å². The summed E-state index contributed by atoms with van der Waals surface area (Å²) < 4.78 is 39.1. The van der Waals surface area contributed by atoms with E-state index in [0.717, 1.165) is 11.1 Å². The Labute approximate surface area is 445 Å². The molecule has 0 heterocycles. The molecule has 0 fully saturated rings. The number of rotatable bonds is 32. The lowest BCUT2D eigenvalue weighted by Crippen LogP contribution is -2.57. The van der Waals surface area contributed by atoms with Crippen LogP contribution in [-0.2, 0) is 61.3 Å². The van der Waals surface area contributed by atoms with Crippen molar-refractivity contribution in [2.75, 3.05) is 0 Å². The number of carbonyl (C=O) groups excluding carboxylic acids is 8. The Morgan fingerprint density at radius 3 is 0.867 bits per heavy atom. The molecule has 0 aliphatic carbocycles. The zero-order chi connectivity index (χ0) is 56.7. The van der Waals surface area contributed by atoms with Gasteiger partial charge in [0.1, 0.15) is 47.2 Å². The molecule has 0 spiro atoms. The molecule has 2 aromatic carbocycles. The van der Waals surface area contributed by atoms with Gasteiger partial charge in [-0.25, -0.2) is 18.0 Å². The number of benzene rings is 2. The number of hydrogen-bond donors (Lipinski definition) is 6. The molecule has 75 heavy (non-hydrogen) atoms. The maximum atomic E-state index is 14.2. The summed E-state index contributed by atoms with van der Waals surface area (Å²) in [6.07, 6.45) is -1.23. The molecule has 0 saturated heterocycles. The van der Waals surface area contributed by atoms with Crippen LogP contribution in [0.3, 0.4) is 0 Å². The number of nitrogens with one attached hydrogen (secondary N) is 6. The predicted octanol–water partition coefficient (Wildman–Crippen LogP) is 7.37. The minimum Gasteiger partial charge on any atom is -0.445 e. The van der Waals surface area contributed by atoms with Gasteiger partial charge in [-0.05, 0) is 85.2 Å². The van der Waals surface area contributed by atoms with Crippen molar-refractivity contribution in [3.05, 3.63) is 94.8 Å². The van der Waals surface area contributed by atoms with Crippen LogP contribution in [0.5, 0.6) is 0 Å². The van der Waals surface area contributed by atoms with Crippen LogP contribution in [-0.4, -0.2) is 92.1 Å². The Morgan fingerprint density at radius 2 is 0.613 bits per heavy atom. The molecule has 0 radical (unpaired) electrons. The zero-order valence-corrected chi connectivity index (χ0v) is 46.9. The van der Waals surface area contributed by atoms with E-state index in [-0.39, 0.29) is 87.2 Å². The Morgan fingerprint density at radius 1 is 0.387 bits per heavy atom. The molecule has 6 atom stereocenters. The maximum Gasteiger partial charge on any atom is 0.408 e. The molecule has 0 saturated carbocycles. The number of ketones is 2. The molecule has 0 aromatic heterocycles. The molecule has 6 amide bonds. The Hall–Kier alpha value is -6.37. The molecule has 0 bridgehead atoms. The molecule has 0 aliphatic rings. The highest BCUT2D eigenvalue weighted by Gasteiger charge is 2.40. The first-order valence-corrected chi connectivity index (χ1v) is 27.4. The first-order valence-electron chi connectivity index (χ1n) is 25.9. The average Bonchev–Trinajstić information content (AvgIpc) is 3.32. The number of ether oxygens (including phenoxy) is 2. The summed E-state index contributed by atoms with van der Waals surface area (Å²) in [5, 5.41) is 15.9. The van der Waals surface area contributed by atoms with Crippen molar-refractivity contribution in [3.8, 4) is 0 Å². The third-order valence-corrected chi connectivity index (χ3v) is 13.3. The van der Waals surface area contributed by atoms with Crippen LogP contribution < -0.4 is 31.9 Å². The van der Waals surface area contributed by atoms with E-state index in [1.165, 1.54) is 0 Å². The second kappa shape index (κ2) is 31.5. The fourth-order valence-electron chi connectivity index (χ4n) is 7.92. The van der Waals surface area contributed by atoms with Gasteiger partial charge in [0, 0.05) is 0 Å². The summed E-state index contributed by atoms with van der Waals surface area (Å²) in [5.74, 6) is -6.24. The predicted molar refractivity (Wildman–Crippen MR) is 289 cm³/mol. The SMILES string of the molecule is C=C(C(=O)[C@H](CC(C)C)NC(=O)[C@H](CC(C)C)NC(=O)[C@H](CC(C)C)NC(=O)OCc1ccccc1)S(=O)(=O)C(=C)C(=O)[C@H](CC(C)C)NC(=O)[C@H](CC(C)C)NC(=O)[C@H](CC(C)C)NC(=O)OCc1ccccc1. The Kier molecular flexibility index (Phi) is 27.2. The molecular formula is C56H84N6O12S. The molecule has 6 N–H and O–H groups in total. The number of Topliss-reactive ketones (excluding diaryl/α,β-unsaturated/α-hetero) is 2. The molecule has 0 aliphatic heterocycles. The lowest BCUT2D eigenvalue weighted by Gasteiger charge is -2.28. The van der Waals surface area contributed by atoms with E-state index in [2.05, 4.69) is 45.1 Å². The van der Waals surface area contributed by atoms with Gasteiger partial charge in [0.2, 0.25) is 33.5 Å². The normalized spacial score (nSPS) is 14.0. The molecular weight excluding hydrogens is 981 g/mol. The minimum absolute atomic E-state index is 0.0411. The van der Waals surface area contributed by atoms with Crippen molar-refractivity contribution in [2.24, 2.45) is 35.5 Å². The lowest BCUT2D eigenvalue weighted by atomic mass is 9.97. The summed E-state index contributed by atoms with van der Waals surface area (Å²) in [7, 11) is -5.04. The van der Waals surface area contributed by atoms with Crippen molar-refractivity contribution in [1.29, 1.82) is 0 Å². The highest BCUT2D eigenvalue weighted by atomic mass is 32.2. The molecule has 2 aromatic rings. The number of alkyl carbamates (subject to hydrolysis) is 2. The van der Waals surface area contributed by atoms with Crippen LogP contribution in [0.2, 0.25) is 0 Å². The quantitative estimate of drug-likeness (QED) is 0.0393. The first kappa shape index (κ1) is 64.7. The standard InChI is InChI=1S/C56H84N6O12S/c1-33(2)25-43(57-51(65)45(27-35(5)6)59-53(67)47(29-37(9)10)61-55(69)73-31-41-21-17-15-18-22-41)49(63)39(13)75(71,72)40(14)50(64)44(26-34(3)4)58-52(66)46(28-36(7)8)60-54(68)48(30-38(11)12)62-56(70)74-32-42-23-19-16-20-24-42/h15-24,33-38,43-48H,13-14,25-32H2,1-12H3,(H,57,65)(H,58,66)(H,59,67)(H,60,68)(H,61,69)(H,62,70)/t43-,44-,45-,46-,47-,48-/m0/s1. The van der Waals surface area contributed by atoms with E-state index in [4.69, 9.17) is 9.47 Å². The summed E-state index contributed by atoms with van der Waals surface area (Å²) in [6, 6.07) is 10.3. The number of hydrogen-bond acceptors (Lipinski definition) is 12. The zero-order valence-electron chi connectivity index (χ0n) is 46.1. The van der Waals surface area contributed by atoms with Crippen LogP contribution >= 0.6 is 0 Å². The number of carbonyl (C=O) groups is 8. The average molecular weight is 1070 g/mol. The summed E-state index contributed by atoms with van der Waals surface area (Å²) in [6.45, 7) is 28.7. The highest BCUT2D eigenvalue weighted by molar-refractivity contribution is 8.00. The van der Waals surface area contributed by atoms with Gasteiger partial charge in [0.25, 0.3) is 0 Å². The van der Waals surface area contributed by atoms with E-state index in [9.17, 15) is 46.8 Å². The number of amides is 6. The smallest absolute Gasteiger partial charge is 0.408 e. The van der Waals surface area contributed by atoms with Gasteiger partial charge in [0.05, 0.1) is 12.1 Å². The van der Waals surface area contributed by atoms with E-state index >= 15 is 0 Å². The summed E-state index contributed by atoms with van der Waals surface area (Å²) in [5.41, 5.74) is 1.47. The fourth-order valence-corrected chi connectivity index (χ4v) is 9.03. The van der Waals surface area contributed by atoms with E-state index in [1.54, 1.807) is 76.2 Å². The van der Waals surface area contributed by atoms with Crippen molar-refractivity contribution in [1.82, 2.24) is 31.9 Å². The monoisotopic (exact) mass is 1060 g/mol. The van der Waals surface area contributed by atoms with Gasteiger partial charge in [0.15, 0.2) is 11.6 Å². The second-order valence-corrected chi connectivity index (χ2v) is 23.6. The van der Waals surface area contributed by atoms with Crippen LogP contribution in [0.1, 0.15) is 133 Å². The third-order valence-electron chi connectivity index (χ3n) is 11.6. The van der Waals surface area contributed by atoms with Gasteiger partial charge in [-0.1, -0.05) is 157 Å². The van der Waals surface area contributed by atoms with Crippen molar-refractivity contribution < 1.29 is 56.2 Å². The molecule has 0 unspecified atom stereocenters. The largest absolute Gasteiger partial charge is 0.445 e. The van der Waals surface area contributed by atoms with E-state index in [1.807, 2.05) is 67.5 Å². The van der Waals surface area contributed by atoms with Crippen molar-refractivity contribution >= 4 is 57.2 Å². The van der Waals surface area contributed by atoms with Gasteiger partial charge in [-0.15, -0.1) is 0 Å². The lowest BCUT2D eigenvalue weighted by molar-refractivity contribution is -0.132. The third kappa shape index (κ3) is 23.4. The number of sulfone groups is 1. The second-order valence-electron chi connectivity index (χ2n) is 21.6. The van der Waals surface area contributed by atoms with Crippen LogP contribution in [0.15, 0.2) is 83.6 Å². The maximum absolute atomic E-state index is 14.2. The van der Waals surface area contributed by atoms with E-state index in [0.29, 0.717) is 0 Å². The summed E-state index contributed by atoms with van der Waals surface area (Å²) >= 11 is 0.